The molecule has 0 fully saturated rings. The molecule has 0 aliphatic rings. The SMILES string of the molecule is CC[C@H](NC(=O)c1ccc(Cl)c(S(=O)(=O)Nc2cccc(C)c2C)c1)c1ccccc1. The van der Waals surface area contributed by atoms with Crippen molar-refractivity contribution in [2.24, 2.45) is 0 Å². The summed E-state index contributed by atoms with van der Waals surface area (Å²) in [5, 5.41) is 3.01. The van der Waals surface area contributed by atoms with E-state index in [4.69, 9.17) is 11.6 Å². The molecule has 3 rings (SSSR count). The maximum Gasteiger partial charge on any atom is 0.263 e. The van der Waals surface area contributed by atoms with Crippen molar-refractivity contribution < 1.29 is 13.2 Å². The van der Waals surface area contributed by atoms with Gasteiger partial charge in [0, 0.05) is 5.56 Å². The first-order valence-corrected chi connectivity index (χ1v) is 11.8. The molecule has 31 heavy (non-hydrogen) atoms. The number of carbonyl (C=O) groups excluding carboxylic acids is 1. The normalized spacial score (nSPS) is 12.3. The van der Waals surface area contributed by atoms with Crippen molar-refractivity contribution in [2.75, 3.05) is 4.72 Å². The molecule has 0 bridgehead atoms. The predicted molar refractivity (Wildman–Crippen MR) is 125 cm³/mol. The molecule has 1 amide bonds. The lowest BCUT2D eigenvalue weighted by Crippen LogP contribution is -2.28. The third-order valence-corrected chi connectivity index (χ3v) is 7.09. The van der Waals surface area contributed by atoms with Crippen molar-refractivity contribution in [1.82, 2.24) is 5.32 Å². The topological polar surface area (TPSA) is 75.3 Å². The van der Waals surface area contributed by atoms with Crippen LogP contribution in [0.5, 0.6) is 0 Å². The third-order valence-electron chi connectivity index (χ3n) is 5.25. The highest BCUT2D eigenvalue weighted by molar-refractivity contribution is 7.92. The van der Waals surface area contributed by atoms with Gasteiger partial charge in [-0.15, -0.1) is 0 Å². The average Bonchev–Trinajstić information content (AvgIpc) is 2.75. The zero-order chi connectivity index (χ0) is 22.6. The summed E-state index contributed by atoms with van der Waals surface area (Å²) in [6, 6.07) is 19.1. The van der Waals surface area contributed by atoms with Crippen LogP contribution >= 0.6 is 11.6 Å². The molecule has 3 aromatic carbocycles. The molecule has 0 aromatic heterocycles. The molecule has 0 heterocycles. The van der Waals surface area contributed by atoms with Gasteiger partial charge < -0.3 is 5.32 Å². The minimum atomic E-state index is -3.99. The monoisotopic (exact) mass is 456 g/mol. The number of halogens is 1. The highest BCUT2D eigenvalue weighted by Gasteiger charge is 2.22. The van der Waals surface area contributed by atoms with E-state index >= 15 is 0 Å². The molecule has 2 N–H and O–H groups in total. The van der Waals surface area contributed by atoms with E-state index < -0.39 is 10.0 Å². The number of nitrogens with one attached hydrogen (secondary N) is 2. The lowest BCUT2D eigenvalue weighted by atomic mass is 10.0. The van der Waals surface area contributed by atoms with Gasteiger partial charge in [-0.3, -0.25) is 9.52 Å². The first-order chi connectivity index (χ1) is 14.7. The van der Waals surface area contributed by atoms with Crippen LogP contribution in [0.4, 0.5) is 5.69 Å². The average molecular weight is 457 g/mol. The van der Waals surface area contributed by atoms with Crippen LogP contribution in [0, 0.1) is 13.8 Å². The highest BCUT2D eigenvalue weighted by atomic mass is 35.5. The van der Waals surface area contributed by atoms with E-state index in [1.54, 1.807) is 12.1 Å². The van der Waals surface area contributed by atoms with Crippen molar-refractivity contribution in [2.45, 2.75) is 38.1 Å². The molecular formula is C24H25ClN2O3S. The lowest BCUT2D eigenvalue weighted by molar-refractivity contribution is 0.0935. The Labute approximate surface area is 188 Å². The van der Waals surface area contributed by atoms with Crippen LogP contribution in [-0.2, 0) is 10.0 Å². The number of hydrogen-bond acceptors (Lipinski definition) is 3. The number of aryl methyl sites for hydroxylation is 1. The molecule has 5 nitrogen and oxygen atoms in total. The number of benzene rings is 3. The standard InChI is InChI=1S/C24H25ClN2O3S/c1-4-21(18-10-6-5-7-11-18)26-24(28)19-13-14-20(25)23(15-19)31(29,30)27-22-12-8-9-16(2)17(22)3/h5-15,21,27H,4H2,1-3H3,(H,26,28)/t21-/m0/s1. The van der Waals surface area contributed by atoms with Crippen molar-refractivity contribution in [1.29, 1.82) is 0 Å². The van der Waals surface area contributed by atoms with Gasteiger partial charge in [0.1, 0.15) is 4.90 Å². The second kappa shape index (κ2) is 9.54. The smallest absolute Gasteiger partial charge is 0.263 e. The van der Waals surface area contributed by atoms with E-state index in [0.717, 1.165) is 16.7 Å². The number of amides is 1. The Balaban J connectivity index is 1.88. The van der Waals surface area contributed by atoms with Gasteiger partial charge in [-0.1, -0.05) is 61.0 Å². The molecule has 0 spiro atoms. The molecule has 7 heteroatoms. The minimum absolute atomic E-state index is 0.0458. The molecule has 0 radical (unpaired) electrons. The highest BCUT2D eigenvalue weighted by Crippen LogP contribution is 2.27. The van der Waals surface area contributed by atoms with Gasteiger partial charge in [-0.25, -0.2) is 8.42 Å². The Kier molecular flexibility index (Phi) is 7.03. The quantitative estimate of drug-likeness (QED) is 0.483. The Hall–Kier alpha value is -2.83. The molecule has 0 aliphatic heterocycles. The number of carbonyl (C=O) groups is 1. The molecule has 162 valence electrons. The first-order valence-electron chi connectivity index (χ1n) is 9.97. The van der Waals surface area contributed by atoms with E-state index in [1.807, 2.05) is 57.2 Å². The zero-order valence-electron chi connectivity index (χ0n) is 17.6. The van der Waals surface area contributed by atoms with Crippen molar-refractivity contribution in [3.05, 3.63) is 94.0 Å². The summed E-state index contributed by atoms with van der Waals surface area (Å²) >= 11 is 6.20. The van der Waals surface area contributed by atoms with Crippen molar-refractivity contribution >= 4 is 33.2 Å². The Morgan fingerprint density at radius 2 is 1.71 bits per heavy atom. The molecule has 3 aromatic rings. The summed E-state index contributed by atoms with van der Waals surface area (Å²) in [7, 11) is -3.99. The largest absolute Gasteiger partial charge is 0.345 e. The fourth-order valence-electron chi connectivity index (χ4n) is 3.26. The number of sulfonamides is 1. The first kappa shape index (κ1) is 22.8. The molecule has 0 saturated heterocycles. The van der Waals surface area contributed by atoms with E-state index in [2.05, 4.69) is 10.0 Å². The lowest BCUT2D eigenvalue weighted by Gasteiger charge is -2.18. The third kappa shape index (κ3) is 5.27. The summed E-state index contributed by atoms with van der Waals surface area (Å²) in [6.45, 7) is 5.72. The van der Waals surface area contributed by atoms with Gasteiger partial charge in [-0.2, -0.15) is 0 Å². The van der Waals surface area contributed by atoms with Crippen LogP contribution in [0.1, 0.15) is 46.4 Å². The van der Waals surface area contributed by atoms with Crippen LogP contribution < -0.4 is 10.0 Å². The van der Waals surface area contributed by atoms with Crippen LogP contribution in [0.15, 0.2) is 71.6 Å². The van der Waals surface area contributed by atoms with E-state index in [1.165, 1.54) is 18.2 Å². The Bertz CT molecular complexity index is 1190. The van der Waals surface area contributed by atoms with Gasteiger partial charge in [0.25, 0.3) is 15.9 Å². The summed E-state index contributed by atoms with van der Waals surface area (Å²) in [5.41, 5.74) is 3.47. The van der Waals surface area contributed by atoms with Gasteiger partial charge in [0.2, 0.25) is 0 Å². The summed E-state index contributed by atoms with van der Waals surface area (Å²) < 4.78 is 28.7. The summed E-state index contributed by atoms with van der Waals surface area (Å²) in [4.78, 5) is 12.7. The van der Waals surface area contributed by atoms with E-state index in [-0.39, 0.29) is 27.4 Å². The zero-order valence-corrected chi connectivity index (χ0v) is 19.2. The summed E-state index contributed by atoms with van der Waals surface area (Å²) in [5.74, 6) is -0.365. The molecule has 0 unspecified atom stereocenters. The van der Waals surface area contributed by atoms with Crippen LogP contribution in [0.2, 0.25) is 5.02 Å². The molecular weight excluding hydrogens is 432 g/mol. The number of anilines is 1. The fourth-order valence-corrected chi connectivity index (χ4v) is 4.91. The fraction of sp³-hybridized carbons (Fsp3) is 0.208. The second-order valence-corrected chi connectivity index (χ2v) is 9.40. The van der Waals surface area contributed by atoms with Crippen molar-refractivity contribution in [3.8, 4) is 0 Å². The van der Waals surface area contributed by atoms with Gasteiger partial charge in [0.05, 0.1) is 16.8 Å². The number of hydrogen-bond donors (Lipinski definition) is 2. The van der Waals surface area contributed by atoms with Gasteiger partial charge in [-0.05, 0) is 61.2 Å². The molecule has 1 atom stereocenters. The minimum Gasteiger partial charge on any atom is -0.345 e. The molecule has 0 saturated carbocycles. The van der Waals surface area contributed by atoms with E-state index in [9.17, 15) is 13.2 Å². The van der Waals surface area contributed by atoms with Crippen molar-refractivity contribution in [3.63, 3.8) is 0 Å². The van der Waals surface area contributed by atoms with Crippen LogP contribution in [0.3, 0.4) is 0 Å². The maximum absolute atomic E-state index is 13.0. The number of rotatable bonds is 7. The van der Waals surface area contributed by atoms with Crippen LogP contribution in [0.25, 0.3) is 0 Å². The second-order valence-electron chi connectivity index (χ2n) is 7.34. The van der Waals surface area contributed by atoms with Gasteiger partial charge >= 0.3 is 0 Å². The Morgan fingerprint density at radius 1 is 1.00 bits per heavy atom. The Morgan fingerprint density at radius 3 is 2.39 bits per heavy atom. The molecule has 0 aliphatic carbocycles. The maximum atomic E-state index is 13.0. The van der Waals surface area contributed by atoms with Crippen LogP contribution in [-0.4, -0.2) is 14.3 Å². The predicted octanol–water partition coefficient (Wildman–Crippen LogP) is 5.64. The summed E-state index contributed by atoms with van der Waals surface area (Å²) in [6.07, 6.45) is 0.697. The van der Waals surface area contributed by atoms with E-state index in [0.29, 0.717) is 12.1 Å². The van der Waals surface area contributed by atoms with Gasteiger partial charge in [0.15, 0.2) is 0 Å².